The van der Waals surface area contributed by atoms with E-state index >= 15 is 0 Å². The lowest BCUT2D eigenvalue weighted by molar-refractivity contribution is 0.0615. The Kier molecular flexibility index (Phi) is 5.05. The number of rotatable bonds is 4. The van der Waals surface area contributed by atoms with Gasteiger partial charge in [-0.05, 0) is 48.6 Å². The molecule has 0 bridgehead atoms. The number of nitrogens with zero attached hydrogens (tertiary/aromatic N) is 4. The second kappa shape index (κ2) is 7.62. The van der Waals surface area contributed by atoms with Crippen LogP contribution < -0.4 is 0 Å². The lowest BCUT2D eigenvalue weighted by Crippen LogP contribution is -2.48. The SMILES string of the molecule is Cc1ccc(C(=O)N2CCN(Cc3nc(-c4ccsc4)no3)CC2)cc1C. The number of piperazine rings is 1. The third-order valence-corrected chi connectivity index (χ3v) is 5.70. The van der Waals surface area contributed by atoms with Crippen molar-refractivity contribution in [3.8, 4) is 11.4 Å². The molecule has 1 amide bonds. The minimum Gasteiger partial charge on any atom is -0.338 e. The van der Waals surface area contributed by atoms with Crippen LogP contribution in [0.1, 0.15) is 27.4 Å². The van der Waals surface area contributed by atoms with Crippen LogP contribution >= 0.6 is 11.3 Å². The number of hydrogen-bond donors (Lipinski definition) is 0. The van der Waals surface area contributed by atoms with E-state index in [1.807, 2.05) is 46.8 Å². The minimum atomic E-state index is 0.107. The second-order valence-corrected chi connectivity index (χ2v) is 7.67. The molecule has 6 nitrogen and oxygen atoms in total. The number of aromatic nitrogens is 2. The summed E-state index contributed by atoms with van der Waals surface area (Å²) >= 11 is 1.61. The molecule has 0 N–H and O–H groups in total. The Balaban J connectivity index is 1.33. The predicted octanol–water partition coefficient (Wildman–Crippen LogP) is 3.37. The molecule has 0 unspecified atom stereocenters. The first-order valence-corrected chi connectivity index (χ1v) is 9.98. The van der Waals surface area contributed by atoms with Crippen LogP contribution in [0, 0.1) is 13.8 Å². The Bertz CT molecular complexity index is 927. The van der Waals surface area contributed by atoms with Gasteiger partial charge in [-0.3, -0.25) is 9.69 Å². The van der Waals surface area contributed by atoms with E-state index < -0.39 is 0 Å². The van der Waals surface area contributed by atoms with Crippen LogP contribution in [0.3, 0.4) is 0 Å². The van der Waals surface area contributed by atoms with Crippen molar-refractivity contribution in [3.63, 3.8) is 0 Å². The maximum atomic E-state index is 12.7. The fourth-order valence-electron chi connectivity index (χ4n) is 3.19. The summed E-state index contributed by atoms with van der Waals surface area (Å²) in [5.41, 5.74) is 4.11. The first kappa shape index (κ1) is 17.9. The number of hydrogen-bond acceptors (Lipinski definition) is 6. The summed E-state index contributed by atoms with van der Waals surface area (Å²) in [5.74, 6) is 1.36. The van der Waals surface area contributed by atoms with Gasteiger partial charge in [0.1, 0.15) is 0 Å². The normalized spacial score (nSPS) is 15.3. The number of thiophene rings is 1. The molecule has 140 valence electrons. The van der Waals surface area contributed by atoms with Gasteiger partial charge in [0.15, 0.2) is 0 Å². The lowest BCUT2D eigenvalue weighted by Gasteiger charge is -2.34. The summed E-state index contributed by atoms with van der Waals surface area (Å²) in [6.45, 7) is 7.72. The highest BCUT2D eigenvalue weighted by Gasteiger charge is 2.23. The number of carbonyl (C=O) groups excluding carboxylic acids is 1. The number of carbonyl (C=O) groups is 1. The Morgan fingerprint density at radius 3 is 2.67 bits per heavy atom. The van der Waals surface area contributed by atoms with E-state index in [1.54, 1.807) is 11.3 Å². The van der Waals surface area contributed by atoms with Crippen molar-refractivity contribution in [3.05, 3.63) is 57.6 Å². The number of aryl methyl sites for hydroxylation is 2. The van der Waals surface area contributed by atoms with Gasteiger partial charge in [0.05, 0.1) is 6.54 Å². The van der Waals surface area contributed by atoms with Crippen LogP contribution in [0.25, 0.3) is 11.4 Å². The Morgan fingerprint density at radius 2 is 1.96 bits per heavy atom. The summed E-state index contributed by atoms with van der Waals surface area (Å²) in [6, 6.07) is 7.89. The Morgan fingerprint density at radius 1 is 1.15 bits per heavy atom. The summed E-state index contributed by atoms with van der Waals surface area (Å²) < 4.78 is 5.38. The third kappa shape index (κ3) is 3.94. The molecule has 3 heterocycles. The zero-order chi connectivity index (χ0) is 18.8. The molecule has 0 radical (unpaired) electrons. The van der Waals surface area contributed by atoms with E-state index in [9.17, 15) is 4.79 Å². The quantitative estimate of drug-likeness (QED) is 0.692. The van der Waals surface area contributed by atoms with Crippen molar-refractivity contribution >= 4 is 17.2 Å². The summed E-state index contributed by atoms with van der Waals surface area (Å²) in [6.07, 6.45) is 0. The van der Waals surface area contributed by atoms with Crippen molar-refractivity contribution in [2.24, 2.45) is 0 Å². The number of amides is 1. The smallest absolute Gasteiger partial charge is 0.253 e. The predicted molar refractivity (Wildman–Crippen MR) is 105 cm³/mol. The van der Waals surface area contributed by atoms with Gasteiger partial charge in [-0.2, -0.15) is 16.3 Å². The van der Waals surface area contributed by atoms with Gasteiger partial charge in [0, 0.05) is 42.7 Å². The molecular weight excluding hydrogens is 360 g/mol. The molecule has 3 aromatic rings. The highest BCUT2D eigenvalue weighted by Crippen LogP contribution is 2.19. The van der Waals surface area contributed by atoms with Gasteiger partial charge >= 0.3 is 0 Å². The standard InChI is InChI=1S/C20H22N4O2S/c1-14-3-4-16(11-15(14)2)20(25)24-8-6-23(7-9-24)12-18-21-19(22-26-18)17-5-10-27-13-17/h3-5,10-11,13H,6-9,12H2,1-2H3. The molecular formula is C20H22N4O2S. The zero-order valence-corrected chi connectivity index (χ0v) is 16.3. The zero-order valence-electron chi connectivity index (χ0n) is 15.5. The van der Waals surface area contributed by atoms with Gasteiger partial charge in [-0.25, -0.2) is 0 Å². The summed E-state index contributed by atoms with van der Waals surface area (Å²) in [4.78, 5) is 21.4. The van der Waals surface area contributed by atoms with Crippen LogP contribution in [0.4, 0.5) is 0 Å². The maximum absolute atomic E-state index is 12.7. The van der Waals surface area contributed by atoms with Crippen LogP contribution in [-0.2, 0) is 6.54 Å². The summed E-state index contributed by atoms with van der Waals surface area (Å²) in [5, 5.41) is 8.05. The fraction of sp³-hybridized carbons (Fsp3) is 0.350. The first-order chi connectivity index (χ1) is 13.1. The third-order valence-electron chi connectivity index (χ3n) is 5.02. The van der Waals surface area contributed by atoms with Crippen LogP contribution in [0.2, 0.25) is 0 Å². The van der Waals surface area contributed by atoms with E-state index in [0.29, 0.717) is 31.3 Å². The molecule has 0 saturated carbocycles. The highest BCUT2D eigenvalue weighted by molar-refractivity contribution is 7.08. The average Bonchev–Trinajstić information content (AvgIpc) is 3.36. The van der Waals surface area contributed by atoms with Crippen molar-refractivity contribution in [2.75, 3.05) is 26.2 Å². The average molecular weight is 382 g/mol. The van der Waals surface area contributed by atoms with Gasteiger partial charge in [-0.1, -0.05) is 11.2 Å². The second-order valence-electron chi connectivity index (χ2n) is 6.89. The monoisotopic (exact) mass is 382 g/mol. The highest BCUT2D eigenvalue weighted by atomic mass is 32.1. The Hall–Kier alpha value is -2.51. The molecule has 0 aliphatic carbocycles. The van der Waals surface area contributed by atoms with E-state index in [1.165, 1.54) is 5.56 Å². The van der Waals surface area contributed by atoms with Crippen LogP contribution in [0.15, 0.2) is 39.5 Å². The summed E-state index contributed by atoms with van der Waals surface area (Å²) in [7, 11) is 0. The van der Waals surface area contributed by atoms with Gasteiger partial charge < -0.3 is 9.42 Å². The maximum Gasteiger partial charge on any atom is 0.253 e. The van der Waals surface area contributed by atoms with Crippen molar-refractivity contribution in [2.45, 2.75) is 20.4 Å². The van der Waals surface area contributed by atoms with E-state index in [0.717, 1.165) is 29.8 Å². The first-order valence-electron chi connectivity index (χ1n) is 9.04. The number of benzene rings is 1. The van der Waals surface area contributed by atoms with Crippen molar-refractivity contribution < 1.29 is 9.32 Å². The molecule has 7 heteroatoms. The van der Waals surface area contributed by atoms with Crippen LogP contribution in [0.5, 0.6) is 0 Å². The molecule has 1 aliphatic heterocycles. The van der Waals surface area contributed by atoms with E-state index in [4.69, 9.17) is 4.52 Å². The largest absolute Gasteiger partial charge is 0.338 e. The van der Waals surface area contributed by atoms with Crippen molar-refractivity contribution in [1.82, 2.24) is 19.9 Å². The van der Waals surface area contributed by atoms with Crippen LogP contribution in [-0.4, -0.2) is 52.0 Å². The minimum absolute atomic E-state index is 0.107. The topological polar surface area (TPSA) is 62.5 Å². The molecule has 1 saturated heterocycles. The van der Waals surface area contributed by atoms with Gasteiger partial charge in [0.25, 0.3) is 5.91 Å². The molecule has 1 aromatic carbocycles. The molecule has 1 aliphatic rings. The Labute approximate surface area is 162 Å². The van der Waals surface area contributed by atoms with Gasteiger partial charge in [-0.15, -0.1) is 0 Å². The van der Waals surface area contributed by atoms with E-state index in [-0.39, 0.29) is 5.91 Å². The fourth-order valence-corrected chi connectivity index (χ4v) is 3.82. The molecule has 4 rings (SSSR count). The molecule has 1 fully saturated rings. The lowest BCUT2D eigenvalue weighted by atomic mass is 10.1. The molecule has 2 aromatic heterocycles. The molecule has 27 heavy (non-hydrogen) atoms. The van der Waals surface area contributed by atoms with Crippen molar-refractivity contribution in [1.29, 1.82) is 0 Å². The molecule has 0 atom stereocenters. The van der Waals surface area contributed by atoms with E-state index in [2.05, 4.69) is 22.0 Å². The van der Waals surface area contributed by atoms with Gasteiger partial charge in [0.2, 0.25) is 11.7 Å². The molecule has 0 spiro atoms.